The lowest BCUT2D eigenvalue weighted by Crippen LogP contribution is -2.32. The first-order chi connectivity index (χ1) is 9.58. The number of thiophene rings is 1. The van der Waals surface area contributed by atoms with Crippen LogP contribution in [0.4, 0.5) is 4.39 Å². The van der Waals surface area contributed by atoms with Crippen LogP contribution in [0.2, 0.25) is 0 Å². The molecule has 1 unspecified atom stereocenters. The lowest BCUT2D eigenvalue weighted by Gasteiger charge is -2.24. The molecule has 0 amide bonds. The van der Waals surface area contributed by atoms with Crippen molar-refractivity contribution in [3.05, 3.63) is 34.5 Å². The number of fused-ring (bicyclic) bond motifs is 1. The molecule has 2 aromatic rings. The smallest absolute Gasteiger partial charge is 0.132 e. The summed E-state index contributed by atoms with van der Waals surface area (Å²) in [5.41, 5.74) is 6.83. The number of methoxy groups -OCH3 is 1. The maximum absolute atomic E-state index is 14.1. The van der Waals surface area contributed by atoms with Crippen molar-refractivity contribution in [1.82, 2.24) is 4.90 Å². The van der Waals surface area contributed by atoms with Crippen molar-refractivity contribution in [2.24, 2.45) is 5.73 Å². The highest BCUT2D eigenvalue weighted by molar-refractivity contribution is 7.19. The summed E-state index contributed by atoms with van der Waals surface area (Å²) in [7, 11) is 3.71. The fraction of sp³-hybridized carbons (Fsp3) is 0.467. The van der Waals surface area contributed by atoms with E-state index in [4.69, 9.17) is 10.5 Å². The molecule has 0 fully saturated rings. The van der Waals surface area contributed by atoms with Crippen LogP contribution >= 0.6 is 11.3 Å². The van der Waals surface area contributed by atoms with E-state index in [1.807, 2.05) is 13.1 Å². The van der Waals surface area contributed by atoms with Crippen molar-refractivity contribution in [3.8, 4) is 0 Å². The quantitative estimate of drug-likeness (QED) is 0.890. The van der Waals surface area contributed by atoms with Gasteiger partial charge in [0.25, 0.3) is 0 Å². The van der Waals surface area contributed by atoms with Gasteiger partial charge in [-0.3, -0.25) is 4.90 Å². The van der Waals surface area contributed by atoms with E-state index in [1.54, 1.807) is 24.5 Å². The Bertz CT molecular complexity index is 585. The molecule has 0 aliphatic carbocycles. The van der Waals surface area contributed by atoms with Crippen LogP contribution in [0.5, 0.6) is 0 Å². The second-order valence-electron chi connectivity index (χ2n) is 5.04. The predicted molar refractivity (Wildman–Crippen MR) is 82.5 cm³/mol. The van der Waals surface area contributed by atoms with Crippen LogP contribution in [0.25, 0.3) is 10.1 Å². The zero-order valence-corrected chi connectivity index (χ0v) is 13.0. The fourth-order valence-electron chi connectivity index (χ4n) is 2.32. The third-order valence-corrected chi connectivity index (χ3v) is 4.82. The first-order valence-electron chi connectivity index (χ1n) is 6.66. The van der Waals surface area contributed by atoms with Crippen LogP contribution < -0.4 is 5.73 Å². The zero-order chi connectivity index (χ0) is 14.7. The normalized spacial score (nSPS) is 13.3. The van der Waals surface area contributed by atoms with E-state index in [1.165, 1.54) is 6.07 Å². The molecule has 1 aromatic carbocycles. The first-order valence-corrected chi connectivity index (χ1v) is 7.48. The largest absolute Gasteiger partial charge is 0.383 e. The summed E-state index contributed by atoms with van der Waals surface area (Å²) < 4.78 is 20.3. The van der Waals surface area contributed by atoms with E-state index in [2.05, 4.69) is 11.8 Å². The molecule has 0 bridgehead atoms. The third-order valence-electron chi connectivity index (χ3n) is 3.60. The Hall–Kier alpha value is -1.01. The summed E-state index contributed by atoms with van der Waals surface area (Å²) in [6.07, 6.45) is 0. The van der Waals surface area contributed by atoms with Crippen molar-refractivity contribution in [2.75, 3.05) is 20.8 Å². The molecule has 110 valence electrons. The molecule has 1 atom stereocenters. The monoisotopic (exact) mass is 296 g/mol. The highest BCUT2D eigenvalue weighted by Crippen LogP contribution is 2.33. The van der Waals surface area contributed by atoms with Crippen LogP contribution in [0.1, 0.15) is 17.4 Å². The van der Waals surface area contributed by atoms with Gasteiger partial charge in [0.05, 0.1) is 6.61 Å². The molecule has 20 heavy (non-hydrogen) atoms. The van der Waals surface area contributed by atoms with Gasteiger partial charge in [-0.25, -0.2) is 4.39 Å². The molecule has 0 spiro atoms. The first kappa shape index (κ1) is 15.4. The molecule has 0 saturated heterocycles. The van der Waals surface area contributed by atoms with Crippen molar-refractivity contribution in [3.63, 3.8) is 0 Å². The molecule has 0 radical (unpaired) electrons. The number of hydrogen-bond acceptors (Lipinski definition) is 4. The number of hydrogen-bond donors (Lipinski definition) is 1. The maximum atomic E-state index is 14.1. The molecule has 0 aliphatic heterocycles. The van der Waals surface area contributed by atoms with Gasteiger partial charge in [0.2, 0.25) is 0 Å². The fourth-order valence-corrected chi connectivity index (χ4v) is 3.43. The summed E-state index contributed by atoms with van der Waals surface area (Å²) in [5, 5.41) is 0.717. The van der Waals surface area contributed by atoms with Gasteiger partial charge in [0.15, 0.2) is 0 Å². The lowest BCUT2D eigenvalue weighted by atomic mass is 10.1. The molecule has 0 saturated carbocycles. The average Bonchev–Trinajstić information content (AvgIpc) is 2.78. The number of rotatable bonds is 6. The Balaban J connectivity index is 2.37. The van der Waals surface area contributed by atoms with E-state index >= 15 is 0 Å². The van der Waals surface area contributed by atoms with Gasteiger partial charge < -0.3 is 10.5 Å². The Morgan fingerprint density at radius 1 is 1.45 bits per heavy atom. The molecule has 1 heterocycles. The minimum Gasteiger partial charge on any atom is -0.383 e. The average molecular weight is 296 g/mol. The number of likely N-dealkylation sites (N-methyl/N-ethyl adjacent to an activating group) is 1. The van der Waals surface area contributed by atoms with Gasteiger partial charge in [-0.1, -0.05) is 6.07 Å². The van der Waals surface area contributed by atoms with Crippen LogP contribution in [0.15, 0.2) is 18.2 Å². The van der Waals surface area contributed by atoms with Gasteiger partial charge in [-0.2, -0.15) is 0 Å². The second kappa shape index (κ2) is 6.63. The van der Waals surface area contributed by atoms with Gasteiger partial charge in [-0.15, -0.1) is 11.3 Å². The molecule has 0 aliphatic rings. The Kier molecular flexibility index (Phi) is 5.10. The van der Waals surface area contributed by atoms with E-state index in [0.29, 0.717) is 19.7 Å². The zero-order valence-electron chi connectivity index (χ0n) is 12.1. The van der Waals surface area contributed by atoms with Crippen LogP contribution in [0.3, 0.4) is 0 Å². The van der Waals surface area contributed by atoms with Crippen molar-refractivity contribution in [1.29, 1.82) is 0 Å². The van der Waals surface area contributed by atoms with Crippen LogP contribution in [-0.2, 0) is 17.8 Å². The molecule has 5 heteroatoms. The number of nitrogens with zero attached hydrogens (tertiary/aromatic N) is 1. The van der Waals surface area contributed by atoms with Crippen LogP contribution in [0, 0.1) is 5.82 Å². The SMILES string of the molecule is COCC(C)N(C)Cc1c(CN)sc2cccc(F)c12. The van der Waals surface area contributed by atoms with Crippen molar-refractivity contribution in [2.45, 2.75) is 26.1 Å². The van der Waals surface area contributed by atoms with E-state index in [0.717, 1.165) is 20.5 Å². The summed E-state index contributed by atoms with van der Waals surface area (Å²) in [5.74, 6) is -0.166. The third kappa shape index (κ3) is 3.01. The minimum absolute atomic E-state index is 0.166. The standard InChI is InChI=1S/C15H21FN2OS/c1-10(9-19-3)18(2)8-11-14(7-17)20-13-6-4-5-12(16)15(11)13/h4-6,10H,7-9,17H2,1-3H3. The van der Waals surface area contributed by atoms with Crippen molar-refractivity contribution >= 4 is 21.4 Å². The molecule has 2 rings (SSSR count). The highest BCUT2D eigenvalue weighted by atomic mass is 32.1. The lowest BCUT2D eigenvalue weighted by molar-refractivity contribution is 0.112. The van der Waals surface area contributed by atoms with Gasteiger partial charge >= 0.3 is 0 Å². The van der Waals surface area contributed by atoms with Gasteiger partial charge in [0, 0.05) is 41.2 Å². The number of nitrogens with two attached hydrogens (primary N) is 1. The number of benzene rings is 1. The van der Waals surface area contributed by atoms with E-state index in [9.17, 15) is 4.39 Å². The Labute approximate surface area is 123 Å². The summed E-state index contributed by atoms with van der Waals surface area (Å²) in [6, 6.07) is 5.48. The van der Waals surface area contributed by atoms with Gasteiger partial charge in [0.1, 0.15) is 5.82 Å². The van der Waals surface area contributed by atoms with Crippen LogP contribution in [-0.4, -0.2) is 31.7 Å². The summed E-state index contributed by atoms with van der Waals surface area (Å²) in [4.78, 5) is 3.22. The van der Waals surface area contributed by atoms with E-state index in [-0.39, 0.29) is 11.9 Å². The number of ether oxygens (including phenoxy) is 1. The molecule has 1 aromatic heterocycles. The minimum atomic E-state index is -0.166. The Morgan fingerprint density at radius 3 is 2.85 bits per heavy atom. The summed E-state index contributed by atoms with van der Waals surface area (Å²) >= 11 is 1.58. The molecular weight excluding hydrogens is 275 g/mol. The predicted octanol–water partition coefficient (Wildman–Crippen LogP) is 2.97. The molecular formula is C15H21FN2OS. The Morgan fingerprint density at radius 2 is 2.20 bits per heavy atom. The van der Waals surface area contributed by atoms with E-state index < -0.39 is 0 Å². The highest BCUT2D eigenvalue weighted by Gasteiger charge is 2.18. The topological polar surface area (TPSA) is 38.5 Å². The van der Waals surface area contributed by atoms with Gasteiger partial charge in [-0.05, 0) is 31.7 Å². The maximum Gasteiger partial charge on any atom is 0.132 e. The molecule has 3 nitrogen and oxygen atoms in total. The second-order valence-corrected chi connectivity index (χ2v) is 6.18. The molecule has 2 N–H and O–H groups in total. The van der Waals surface area contributed by atoms with Crippen molar-refractivity contribution < 1.29 is 9.13 Å². The number of halogens is 1. The summed E-state index contributed by atoms with van der Waals surface area (Å²) in [6.45, 7) is 3.87.